The summed E-state index contributed by atoms with van der Waals surface area (Å²) in [7, 11) is 1.66. The van der Waals surface area contributed by atoms with Crippen LogP contribution in [0.15, 0.2) is 48.6 Å². The topological polar surface area (TPSA) is 91.3 Å². The van der Waals surface area contributed by atoms with Gasteiger partial charge in [0.2, 0.25) is 0 Å². The highest BCUT2D eigenvalue weighted by atomic mass is 31.2. The molecule has 0 rings (SSSR count). The third-order valence-corrected chi connectivity index (χ3v) is 11.6. The lowest BCUT2D eigenvalue weighted by Crippen LogP contribution is -2.37. The van der Waals surface area contributed by atoms with Crippen LogP contribution in [-0.2, 0) is 27.9 Å². The number of esters is 1. The van der Waals surface area contributed by atoms with Gasteiger partial charge in [0, 0.05) is 13.0 Å². The molecule has 0 aromatic rings. The van der Waals surface area contributed by atoms with Gasteiger partial charge < -0.3 is 18.9 Å². The standard InChI is InChI=1S/C51H96NO7P/c1-6-8-10-12-14-16-18-20-21-22-23-24-25-26-27-28-29-30-31-32-34-36-38-40-42-44-51(53)59-50(49-58-60(54,55)57-47-45-52(3,4)5)48-56-46-43-41-39-37-35-33-19-17-15-13-11-9-7-2/h15,17-18,20,22-23,25-26,50H,6-14,16,19,21,24,27-49H2,1-5H3/p+1/b17-15-,20-18-,23-22-,26-25-. The van der Waals surface area contributed by atoms with Crippen LogP contribution in [0.25, 0.3) is 0 Å². The lowest BCUT2D eigenvalue weighted by molar-refractivity contribution is -0.870. The van der Waals surface area contributed by atoms with Crippen LogP contribution in [-0.4, -0.2) is 75.6 Å². The number of quaternary nitrogens is 1. The predicted octanol–water partition coefficient (Wildman–Crippen LogP) is 15.1. The van der Waals surface area contributed by atoms with Gasteiger partial charge in [-0.05, 0) is 77.0 Å². The fourth-order valence-electron chi connectivity index (χ4n) is 6.73. The number of phosphoric ester groups is 1. The van der Waals surface area contributed by atoms with Crippen molar-refractivity contribution < 1.29 is 37.3 Å². The summed E-state index contributed by atoms with van der Waals surface area (Å²) in [6, 6.07) is 0. The molecule has 0 aliphatic rings. The van der Waals surface area contributed by atoms with Gasteiger partial charge in [0.15, 0.2) is 0 Å². The summed E-state index contributed by atoms with van der Waals surface area (Å²) in [6.07, 6.45) is 54.4. The van der Waals surface area contributed by atoms with Crippen molar-refractivity contribution in [2.45, 2.75) is 219 Å². The van der Waals surface area contributed by atoms with Crippen molar-refractivity contribution in [2.75, 3.05) is 54.1 Å². The first kappa shape index (κ1) is 58.5. The molecular weight excluding hydrogens is 770 g/mol. The molecule has 0 saturated heterocycles. The minimum atomic E-state index is -4.28. The third-order valence-electron chi connectivity index (χ3n) is 10.6. The van der Waals surface area contributed by atoms with Gasteiger partial charge in [0.05, 0.1) is 34.4 Å². The van der Waals surface area contributed by atoms with E-state index in [0.717, 1.165) is 44.9 Å². The Morgan fingerprint density at radius 2 is 0.917 bits per heavy atom. The average molecular weight is 867 g/mol. The second-order valence-electron chi connectivity index (χ2n) is 17.8. The largest absolute Gasteiger partial charge is 0.472 e. The van der Waals surface area contributed by atoms with Crippen LogP contribution in [0.3, 0.4) is 0 Å². The van der Waals surface area contributed by atoms with Crippen LogP contribution in [0.2, 0.25) is 0 Å². The van der Waals surface area contributed by atoms with Gasteiger partial charge in [-0.25, -0.2) is 4.57 Å². The van der Waals surface area contributed by atoms with Gasteiger partial charge in [-0.15, -0.1) is 0 Å². The van der Waals surface area contributed by atoms with Crippen molar-refractivity contribution in [3.05, 3.63) is 48.6 Å². The van der Waals surface area contributed by atoms with E-state index >= 15 is 0 Å². The van der Waals surface area contributed by atoms with E-state index in [0.29, 0.717) is 24.1 Å². The smallest absolute Gasteiger partial charge is 0.457 e. The molecular formula is C51H97NO7P+. The number of ether oxygens (including phenoxy) is 2. The average Bonchev–Trinajstić information content (AvgIpc) is 3.20. The van der Waals surface area contributed by atoms with Gasteiger partial charge in [0.25, 0.3) is 0 Å². The first-order chi connectivity index (χ1) is 29.1. The molecule has 2 atom stereocenters. The van der Waals surface area contributed by atoms with Crippen LogP contribution < -0.4 is 0 Å². The number of nitrogens with zero attached hydrogens (tertiary/aromatic N) is 1. The maximum atomic E-state index is 12.7. The molecule has 60 heavy (non-hydrogen) atoms. The van der Waals surface area contributed by atoms with Crippen LogP contribution in [0.4, 0.5) is 0 Å². The zero-order valence-electron chi connectivity index (χ0n) is 39.9. The van der Waals surface area contributed by atoms with Crippen LogP contribution in [0, 0.1) is 0 Å². The number of carbonyl (C=O) groups excluding carboxylic acids is 1. The first-order valence-corrected chi connectivity index (χ1v) is 26.4. The zero-order chi connectivity index (χ0) is 44.1. The Kier molecular flexibility index (Phi) is 43.0. The van der Waals surface area contributed by atoms with Crippen molar-refractivity contribution in [2.24, 2.45) is 0 Å². The zero-order valence-corrected chi connectivity index (χ0v) is 40.8. The number of carbonyl (C=O) groups is 1. The summed E-state index contributed by atoms with van der Waals surface area (Å²) in [5.74, 6) is -0.320. The van der Waals surface area contributed by atoms with Crippen molar-refractivity contribution in [3.8, 4) is 0 Å². The van der Waals surface area contributed by atoms with Crippen molar-refractivity contribution in [1.82, 2.24) is 0 Å². The van der Waals surface area contributed by atoms with Crippen LogP contribution >= 0.6 is 7.82 Å². The molecule has 1 N–H and O–H groups in total. The normalized spacial score (nSPS) is 14.0. The molecule has 0 aromatic heterocycles. The molecule has 0 aliphatic heterocycles. The molecule has 8 nitrogen and oxygen atoms in total. The van der Waals surface area contributed by atoms with Gasteiger partial charge >= 0.3 is 13.8 Å². The minimum Gasteiger partial charge on any atom is -0.457 e. The van der Waals surface area contributed by atoms with E-state index in [2.05, 4.69) is 62.5 Å². The first-order valence-electron chi connectivity index (χ1n) is 24.9. The highest BCUT2D eigenvalue weighted by Crippen LogP contribution is 2.43. The van der Waals surface area contributed by atoms with Gasteiger partial charge in [-0.2, -0.15) is 0 Å². The molecule has 352 valence electrons. The Morgan fingerprint density at radius 3 is 1.42 bits per heavy atom. The summed E-state index contributed by atoms with van der Waals surface area (Å²) in [6.45, 7) is 5.58. The lowest BCUT2D eigenvalue weighted by Gasteiger charge is -2.24. The van der Waals surface area contributed by atoms with Crippen molar-refractivity contribution in [1.29, 1.82) is 0 Å². The molecule has 0 amide bonds. The number of likely N-dealkylation sites (N-methyl/N-ethyl adjacent to an activating group) is 1. The quantitative estimate of drug-likeness (QED) is 0.0214. The molecule has 2 unspecified atom stereocenters. The fraction of sp³-hybridized carbons (Fsp3) is 0.824. The molecule has 0 fully saturated rings. The lowest BCUT2D eigenvalue weighted by atomic mass is 10.0. The second kappa shape index (κ2) is 44.1. The Morgan fingerprint density at radius 1 is 0.517 bits per heavy atom. The molecule has 0 radical (unpaired) electrons. The van der Waals surface area contributed by atoms with Gasteiger partial charge in [-0.1, -0.05) is 178 Å². The minimum absolute atomic E-state index is 0.0857. The number of hydrogen-bond donors (Lipinski definition) is 1. The fourth-order valence-corrected chi connectivity index (χ4v) is 7.47. The van der Waals surface area contributed by atoms with Gasteiger partial charge in [-0.3, -0.25) is 13.8 Å². The van der Waals surface area contributed by atoms with E-state index in [9.17, 15) is 14.3 Å². The van der Waals surface area contributed by atoms with Crippen molar-refractivity contribution >= 4 is 13.8 Å². The third kappa shape index (κ3) is 47.5. The Balaban J connectivity index is 4.12. The molecule has 0 heterocycles. The van der Waals surface area contributed by atoms with E-state index in [1.54, 1.807) is 0 Å². The summed E-state index contributed by atoms with van der Waals surface area (Å²) >= 11 is 0. The number of allylic oxidation sites excluding steroid dienone is 8. The summed E-state index contributed by atoms with van der Waals surface area (Å²) in [5.41, 5.74) is 0. The van der Waals surface area contributed by atoms with Gasteiger partial charge in [0.1, 0.15) is 19.3 Å². The Hall–Kier alpha value is -1.54. The highest BCUT2D eigenvalue weighted by molar-refractivity contribution is 7.47. The van der Waals surface area contributed by atoms with E-state index in [1.807, 2.05) is 21.1 Å². The number of hydrogen-bond acceptors (Lipinski definition) is 6. The monoisotopic (exact) mass is 867 g/mol. The molecule has 9 heteroatoms. The Labute approximate surface area is 371 Å². The van der Waals surface area contributed by atoms with Crippen LogP contribution in [0.5, 0.6) is 0 Å². The maximum Gasteiger partial charge on any atom is 0.472 e. The van der Waals surface area contributed by atoms with Crippen LogP contribution in [0.1, 0.15) is 213 Å². The number of rotatable bonds is 46. The highest BCUT2D eigenvalue weighted by Gasteiger charge is 2.26. The second-order valence-corrected chi connectivity index (χ2v) is 19.3. The molecule has 0 bridgehead atoms. The molecule has 0 saturated carbocycles. The molecule has 0 aromatic carbocycles. The van der Waals surface area contributed by atoms with Crippen molar-refractivity contribution in [3.63, 3.8) is 0 Å². The Bertz CT molecular complexity index is 1100. The number of unbranched alkanes of at least 4 members (excludes halogenated alkanes) is 24. The summed E-state index contributed by atoms with van der Waals surface area (Å²) in [5, 5.41) is 0. The summed E-state index contributed by atoms with van der Waals surface area (Å²) in [4.78, 5) is 23.0. The van der Waals surface area contributed by atoms with E-state index in [4.69, 9.17) is 18.5 Å². The predicted molar refractivity (Wildman–Crippen MR) is 256 cm³/mol. The maximum absolute atomic E-state index is 12.7. The molecule has 0 spiro atoms. The summed E-state index contributed by atoms with van der Waals surface area (Å²) < 4.78 is 35.1. The van der Waals surface area contributed by atoms with E-state index in [1.165, 1.54) is 148 Å². The number of phosphoric acid groups is 1. The molecule has 0 aliphatic carbocycles. The SMILES string of the molecule is CCCCC/C=C\CCCCCCCCOCC(COP(=O)(O)OCC[N+](C)(C)C)OC(=O)CCCCCCCCCCCC/C=C\C/C=C\C/C=C\CCCCCCC. The van der Waals surface area contributed by atoms with E-state index < -0.39 is 13.9 Å². The van der Waals surface area contributed by atoms with E-state index in [-0.39, 0.29) is 25.8 Å².